The lowest BCUT2D eigenvalue weighted by Gasteiger charge is -2.37. The second-order valence-electron chi connectivity index (χ2n) is 7.01. The van der Waals surface area contributed by atoms with Crippen LogP contribution >= 0.6 is 0 Å². The molecular formula is C16H28O3. The van der Waals surface area contributed by atoms with Crippen LogP contribution in [-0.4, -0.2) is 22.3 Å². The third-order valence-corrected chi connectivity index (χ3v) is 5.39. The summed E-state index contributed by atoms with van der Waals surface area (Å²) in [6.45, 7) is 2.20. The summed E-state index contributed by atoms with van der Waals surface area (Å²) in [5.74, 6) is 0.577. The minimum Gasteiger partial charge on any atom is -0.481 e. The van der Waals surface area contributed by atoms with E-state index in [0.29, 0.717) is 18.3 Å². The van der Waals surface area contributed by atoms with Crippen LogP contribution in [0.15, 0.2) is 0 Å². The van der Waals surface area contributed by atoms with Gasteiger partial charge in [0.1, 0.15) is 0 Å². The van der Waals surface area contributed by atoms with E-state index in [4.69, 9.17) is 0 Å². The fraction of sp³-hybridized carbons (Fsp3) is 0.938. The molecule has 2 saturated carbocycles. The van der Waals surface area contributed by atoms with Crippen LogP contribution in [-0.2, 0) is 4.79 Å². The average Bonchev–Trinajstić information content (AvgIpc) is 2.84. The minimum absolute atomic E-state index is 0.424. The van der Waals surface area contributed by atoms with Gasteiger partial charge in [-0.2, -0.15) is 0 Å². The monoisotopic (exact) mass is 268 g/mol. The van der Waals surface area contributed by atoms with Crippen LogP contribution in [0.1, 0.15) is 71.1 Å². The van der Waals surface area contributed by atoms with E-state index in [1.165, 1.54) is 25.7 Å². The van der Waals surface area contributed by atoms with Gasteiger partial charge in [-0.3, -0.25) is 4.79 Å². The average molecular weight is 268 g/mol. The van der Waals surface area contributed by atoms with Gasteiger partial charge in [0.25, 0.3) is 0 Å². The van der Waals surface area contributed by atoms with Gasteiger partial charge in [-0.15, -0.1) is 0 Å². The van der Waals surface area contributed by atoms with Gasteiger partial charge in [0, 0.05) is 0 Å². The molecule has 2 N–H and O–H groups in total. The lowest BCUT2D eigenvalue weighted by Crippen LogP contribution is -2.38. The summed E-state index contributed by atoms with van der Waals surface area (Å²) in [5.41, 5.74) is -0.648. The van der Waals surface area contributed by atoms with Crippen molar-refractivity contribution in [1.29, 1.82) is 0 Å². The molecule has 2 fully saturated rings. The lowest BCUT2D eigenvalue weighted by atomic mass is 9.67. The van der Waals surface area contributed by atoms with Gasteiger partial charge in [-0.05, 0) is 50.4 Å². The molecule has 3 heteroatoms. The van der Waals surface area contributed by atoms with Crippen molar-refractivity contribution in [3.05, 3.63) is 0 Å². The predicted molar refractivity (Wildman–Crippen MR) is 74.9 cm³/mol. The summed E-state index contributed by atoms with van der Waals surface area (Å²) in [5, 5.41) is 19.9. The summed E-state index contributed by atoms with van der Waals surface area (Å²) in [6, 6.07) is 0. The quantitative estimate of drug-likeness (QED) is 0.801. The molecule has 0 spiro atoms. The maximum Gasteiger partial charge on any atom is 0.309 e. The molecule has 0 amide bonds. The molecule has 1 unspecified atom stereocenters. The van der Waals surface area contributed by atoms with E-state index in [9.17, 15) is 15.0 Å². The number of hydrogen-bond donors (Lipinski definition) is 2. The van der Waals surface area contributed by atoms with E-state index in [1.54, 1.807) is 0 Å². The largest absolute Gasteiger partial charge is 0.481 e. The zero-order chi connectivity index (χ0) is 13.9. The second kappa shape index (κ2) is 6.25. The minimum atomic E-state index is -0.690. The Kier molecular flexibility index (Phi) is 4.88. The molecule has 2 aliphatic carbocycles. The van der Waals surface area contributed by atoms with Crippen molar-refractivity contribution in [2.75, 3.05) is 0 Å². The first-order valence-electron chi connectivity index (χ1n) is 7.93. The number of hydrogen-bond acceptors (Lipinski definition) is 2. The highest BCUT2D eigenvalue weighted by molar-refractivity contribution is 5.74. The van der Waals surface area contributed by atoms with E-state index in [0.717, 1.165) is 32.1 Å². The molecule has 0 bridgehead atoms. The van der Waals surface area contributed by atoms with Gasteiger partial charge in [-0.1, -0.05) is 32.6 Å². The van der Waals surface area contributed by atoms with Gasteiger partial charge in [0.05, 0.1) is 11.5 Å². The Hall–Kier alpha value is -0.570. The van der Waals surface area contributed by atoms with Gasteiger partial charge < -0.3 is 10.2 Å². The van der Waals surface area contributed by atoms with Crippen molar-refractivity contribution in [3.8, 4) is 0 Å². The van der Waals surface area contributed by atoms with Gasteiger partial charge in [0.15, 0.2) is 0 Å². The van der Waals surface area contributed by atoms with Crippen molar-refractivity contribution >= 4 is 5.97 Å². The van der Waals surface area contributed by atoms with E-state index < -0.39 is 17.5 Å². The molecule has 0 aromatic carbocycles. The molecule has 0 aromatic rings. The first-order chi connectivity index (χ1) is 9.02. The van der Waals surface area contributed by atoms with Gasteiger partial charge in [-0.25, -0.2) is 0 Å². The van der Waals surface area contributed by atoms with Crippen LogP contribution in [0.2, 0.25) is 0 Å². The Morgan fingerprint density at radius 2 is 1.79 bits per heavy atom. The standard InChI is InChI=1S/C16H28O3/c1-12-6-8-16(9-7-12,15(18)19)11-14(17)10-13-4-2-3-5-13/h12-14,17H,2-11H2,1H3,(H,18,19). The van der Waals surface area contributed by atoms with E-state index in [-0.39, 0.29) is 0 Å². The van der Waals surface area contributed by atoms with Crippen LogP contribution in [0.25, 0.3) is 0 Å². The van der Waals surface area contributed by atoms with E-state index in [2.05, 4.69) is 6.92 Å². The zero-order valence-electron chi connectivity index (χ0n) is 12.1. The Morgan fingerprint density at radius 1 is 1.21 bits per heavy atom. The fourth-order valence-corrected chi connectivity index (χ4v) is 3.99. The van der Waals surface area contributed by atoms with E-state index >= 15 is 0 Å². The number of aliphatic hydroxyl groups is 1. The van der Waals surface area contributed by atoms with Crippen LogP contribution in [0.4, 0.5) is 0 Å². The molecule has 0 radical (unpaired) electrons. The highest BCUT2D eigenvalue weighted by atomic mass is 16.4. The number of aliphatic carboxylic acids is 1. The summed E-state index contributed by atoms with van der Waals surface area (Å²) >= 11 is 0. The van der Waals surface area contributed by atoms with Crippen LogP contribution in [0.3, 0.4) is 0 Å². The van der Waals surface area contributed by atoms with Crippen LogP contribution in [0, 0.1) is 17.3 Å². The highest BCUT2D eigenvalue weighted by Gasteiger charge is 2.42. The lowest BCUT2D eigenvalue weighted by molar-refractivity contribution is -0.154. The van der Waals surface area contributed by atoms with Crippen molar-refractivity contribution in [1.82, 2.24) is 0 Å². The maximum absolute atomic E-state index is 11.6. The number of rotatable bonds is 5. The molecule has 0 saturated heterocycles. The van der Waals surface area contributed by atoms with Crippen molar-refractivity contribution in [2.24, 2.45) is 17.3 Å². The molecule has 3 nitrogen and oxygen atoms in total. The summed E-state index contributed by atoms with van der Waals surface area (Å²) < 4.78 is 0. The predicted octanol–water partition coefficient (Wildman–Crippen LogP) is 3.60. The Bertz CT molecular complexity index is 299. The zero-order valence-corrected chi connectivity index (χ0v) is 12.1. The Morgan fingerprint density at radius 3 is 2.32 bits per heavy atom. The second-order valence-corrected chi connectivity index (χ2v) is 7.01. The highest BCUT2D eigenvalue weighted by Crippen LogP contribution is 2.43. The summed E-state index contributed by atoms with van der Waals surface area (Å²) in [6.07, 6.45) is 9.30. The fourth-order valence-electron chi connectivity index (χ4n) is 3.99. The molecule has 0 aromatic heterocycles. The van der Waals surface area contributed by atoms with Gasteiger partial charge in [0.2, 0.25) is 0 Å². The maximum atomic E-state index is 11.6. The number of carboxylic acids is 1. The first kappa shape index (κ1) is 14.8. The molecule has 0 aliphatic heterocycles. The molecular weight excluding hydrogens is 240 g/mol. The molecule has 2 rings (SSSR count). The number of carboxylic acid groups (broad SMARTS) is 1. The molecule has 19 heavy (non-hydrogen) atoms. The SMILES string of the molecule is CC1CCC(CC(O)CC2CCCC2)(C(=O)O)CC1. The van der Waals surface area contributed by atoms with Crippen molar-refractivity contribution < 1.29 is 15.0 Å². The molecule has 2 aliphatic rings. The van der Waals surface area contributed by atoms with Crippen molar-refractivity contribution in [3.63, 3.8) is 0 Å². The molecule has 1 atom stereocenters. The Balaban J connectivity index is 1.90. The van der Waals surface area contributed by atoms with Crippen LogP contribution in [0.5, 0.6) is 0 Å². The molecule has 0 heterocycles. The summed E-state index contributed by atoms with van der Waals surface area (Å²) in [4.78, 5) is 11.6. The normalized spacial score (nSPS) is 34.3. The summed E-state index contributed by atoms with van der Waals surface area (Å²) in [7, 11) is 0. The van der Waals surface area contributed by atoms with E-state index in [1.807, 2.05) is 0 Å². The number of carbonyl (C=O) groups is 1. The smallest absolute Gasteiger partial charge is 0.309 e. The first-order valence-corrected chi connectivity index (χ1v) is 7.93. The van der Waals surface area contributed by atoms with Crippen LogP contribution < -0.4 is 0 Å². The third-order valence-electron chi connectivity index (χ3n) is 5.39. The van der Waals surface area contributed by atoms with Crippen molar-refractivity contribution in [2.45, 2.75) is 77.2 Å². The Labute approximate surface area is 116 Å². The third kappa shape index (κ3) is 3.71. The number of aliphatic hydroxyl groups excluding tert-OH is 1. The molecule has 110 valence electrons. The topological polar surface area (TPSA) is 57.5 Å². The van der Waals surface area contributed by atoms with Gasteiger partial charge >= 0.3 is 5.97 Å².